The highest BCUT2D eigenvalue weighted by Gasteiger charge is 2.47. The van der Waals surface area contributed by atoms with E-state index in [0.29, 0.717) is 0 Å². The number of rotatable bonds is 4. The molecule has 0 bridgehead atoms. The molecule has 146 valence electrons. The normalized spacial score (nSPS) is 22.0. The zero-order chi connectivity index (χ0) is 18.9. The highest BCUT2D eigenvalue weighted by molar-refractivity contribution is 5.74. The Kier molecular flexibility index (Phi) is 4.95. The van der Waals surface area contributed by atoms with Gasteiger partial charge < -0.3 is 19.6 Å². The van der Waals surface area contributed by atoms with Crippen molar-refractivity contribution in [2.75, 3.05) is 13.1 Å². The fourth-order valence-corrected chi connectivity index (χ4v) is 4.50. The lowest BCUT2D eigenvalue weighted by Crippen LogP contribution is -2.53. The first-order valence-electron chi connectivity index (χ1n) is 9.88. The van der Waals surface area contributed by atoms with E-state index < -0.39 is 0 Å². The predicted molar refractivity (Wildman–Crippen MR) is 102 cm³/mol. The second-order valence-corrected chi connectivity index (χ2v) is 8.15. The van der Waals surface area contributed by atoms with Crippen LogP contribution in [-0.2, 0) is 13.1 Å². The molecule has 0 unspecified atom stereocenters. The number of nitrogens with zero attached hydrogens (tertiary/aromatic N) is 3. The molecule has 2 aromatic rings. The van der Waals surface area contributed by atoms with E-state index in [-0.39, 0.29) is 23.5 Å². The van der Waals surface area contributed by atoms with E-state index >= 15 is 0 Å². The van der Waals surface area contributed by atoms with Crippen molar-refractivity contribution in [3.8, 4) is 0 Å². The van der Waals surface area contributed by atoms with Gasteiger partial charge in [-0.3, -0.25) is 4.90 Å². The van der Waals surface area contributed by atoms with Crippen LogP contribution in [0.2, 0.25) is 0 Å². The molecule has 2 aliphatic heterocycles. The molecule has 1 spiro atoms. The van der Waals surface area contributed by atoms with E-state index in [1.54, 1.807) is 6.26 Å². The summed E-state index contributed by atoms with van der Waals surface area (Å²) in [6.45, 7) is 7.78. The molecule has 0 saturated carbocycles. The van der Waals surface area contributed by atoms with Crippen LogP contribution in [0.5, 0.6) is 0 Å². The number of carbonyl (C=O) groups excluding carboxylic acids is 1. The van der Waals surface area contributed by atoms with Gasteiger partial charge in [-0.1, -0.05) is 0 Å². The number of urea groups is 1. The fourth-order valence-electron chi connectivity index (χ4n) is 4.50. The van der Waals surface area contributed by atoms with Crippen molar-refractivity contribution in [3.05, 3.63) is 42.4 Å². The van der Waals surface area contributed by atoms with E-state index in [9.17, 15) is 4.79 Å². The second kappa shape index (κ2) is 7.38. The third kappa shape index (κ3) is 3.74. The molecule has 7 nitrogen and oxygen atoms in total. The van der Waals surface area contributed by atoms with E-state index in [2.05, 4.69) is 25.1 Å². The van der Waals surface area contributed by atoms with Gasteiger partial charge in [0.25, 0.3) is 0 Å². The van der Waals surface area contributed by atoms with Crippen molar-refractivity contribution in [2.24, 2.45) is 5.41 Å². The first-order valence-corrected chi connectivity index (χ1v) is 9.88. The summed E-state index contributed by atoms with van der Waals surface area (Å²) >= 11 is 0. The van der Waals surface area contributed by atoms with Gasteiger partial charge in [0, 0.05) is 30.4 Å². The Morgan fingerprint density at radius 2 is 2.11 bits per heavy atom. The van der Waals surface area contributed by atoms with Crippen LogP contribution in [0.25, 0.3) is 0 Å². The lowest BCUT2D eigenvalue weighted by Gasteiger charge is -2.48. The molecule has 0 aliphatic carbocycles. The number of aryl methyl sites for hydroxylation is 1. The summed E-state index contributed by atoms with van der Waals surface area (Å²) in [6, 6.07) is 3.92. The number of piperidine rings is 1. The standard InChI is InChI=1S/C20H29N5O2/c1-15(2)22-19(26)23-17-18-21-8-12-25(18)11-7-20(17)5-9-24(10-6-20)14-16-4-3-13-27-16/h3-4,8,12-13,15,17H,5-7,9-11,14H2,1-2H3,(H2,22,23,26)/t17-/m1/s1. The maximum Gasteiger partial charge on any atom is 0.315 e. The van der Waals surface area contributed by atoms with Gasteiger partial charge in [0.15, 0.2) is 0 Å². The highest BCUT2D eigenvalue weighted by atomic mass is 16.3. The van der Waals surface area contributed by atoms with Gasteiger partial charge in [-0.15, -0.1) is 0 Å². The van der Waals surface area contributed by atoms with E-state index in [1.165, 1.54) is 0 Å². The smallest absolute Gasteiger partial charge is 0.315 e. The molecule has 0 radical (unpaired) electrons. The van der Waals surface area contributed by atoms with Gasteiger partial charge in [-0.25, -0.2) is 9.78 Å². The van der Waals surface area contributed by atoms with E-state index in [0.717, 1.165) is 57.0 Å². The Hall–Kier alpha value is -2.28. The minimum absolute atomic E-state index is 0.0502. The summed E-state index contributed by atoms with van der Waals surface area (Å²) in [6.07, 6.45) is 8.76. The molecule has 4 heterocycles. The first-order chi connectivity index (χ1) is 13.1. The zero-order valence-electron chi connectivity index (χ0n) is 16.1. The number of imidazole rings is 1. The molecular formula is C20H29N5O2. The molecule has 1 atom stereocenters. The number of furan rings is 1. The number of nitrogens with one attached hydrogen (secondary N) is 2. The Labute approximate surface area is 160 Å². The first kappa shape index (κ1) is 18.1. The Morgan fingerprint density at radius 1 is 1.33 bits per heavy atom. The topological polar surface area (TPSA) is 75.3 Å². The number of aromatic nitrogens is 2. The lowest BCUT2D eigenvalue weighted by atomic mass is 9.68. The van der Waals surface area contributed by atoms with E-state index in [4.69, 9.17) is 4.42 Å². The maximum absolute atomic E-state index is 12.5. The summed E-state index contributed by atoms with van der Waals surface area (Å²) in [5.41, 5.74) is 0.0648. The Bertz CT molecular complexity index is 759. The molecule has 27 heavy (non-hydrogen) atoms. The number of hydrogen-bond donors (Lipinski definition) is 2. The molecule has 7 heteroatoms. The third-order valence-electron chi connectivity index (χ3n) is 5.98. The Balaban J connectivity index is 1.49. The van der Waals surface area contributed by atoms with Gasteiger partial charge >= 0.3 is 6.03 Å². The summed E-state index contributed by atoms with van der Waals surface area (Å²) < 4.78 is 7.68. The van der Waals surface area contributed by atoms with E-state index in [1.807, 2.05) is 38.4 Å². The fraction of sp³-hybridized carbons (Fsp3) is 0.600. The van der Waals surface area contributed by atoms with Crippen LogP contribution in [0.15, 0.2) is 35.2 Å². The average Bonchev–Trinajstić information content (AvgIpc) is 3.30. The minimum atomic E-state index is -0.108. The molecule has 2 amide bonds. The summed E-state index contributed by atoms with van der Waals surface area (Å²) in [4.78, 5) is 19.5. The third-order valence-corrected chi connectivity index (χ3v) is 5.98. The van der Waals surface area contributed by atoms with Crippen LogP contribution in [0.3, 0.4) is 0 Å². The molecule has 2 aromatic heterocycles. The Morgan fingerprint density at radius 3 is 2.81 bits per heavy atom. The molecule has 4 rings (SSSR count). The van der Waals surface area contributed by atoms with Gasteiger partial charge in [0.1, 0.15) is 11.6 Å². The van der Waals surface area contributed by atoms with Crippen molar-refractivity contribution in [2.45, 2.75) is 58.3 Å². The molecule has 2 aliphatic rings. The molecule has 1 fully saturated rings. The van der Waals surface area contributed by atoms with Crippen LogP contribution in [0.4, 0.5) is 4.79 Å². The van der Waals surface area contributed by atoms with Gasteiger partial charge in [0.2, 0.25) is 0 Å². The summed E-state index contributed by atoms with van der Waals surface area (Å²) in [5.74, 6) is 2.00. The highest BCUT2D eigenvalue weighted by Crippen LogP contribution is 2.48. The number of fused-ring (bicyclic) bond motifs is 1. The largest absolute Gasteiger partial charge is 0.468 e. The summed E-state index contributed by atoms with van der Waals surface area (Å²) in [7, 11) is 0. The van der Waals surface area contributed by atoms with Crippen LogP contribution in [0, 0.1) is 5.41 Å². The summed E-state index contributed by atoms with van der Waals surface area (Å²) in [5, 5.41) is 6.21. The zero-order valence-corrected chi connectivity index (χ0v) is 16.1. The number of amides is 2. The van der Waals surface area contributed by atoms with Crippen molar-refractivity contribution >= 4 is 6.03 Å². The molecule has 1 saturated heterocycles. The molecule has 0 aromatic carbocycles. The SMILES string of the molecule is CC(C)NC(=O)N[C@@H]1c2nccn2CCC12CCN(Cc1ccco1)CC2. The van der Waals surface area contributed by atoms with Crippen LogP contribution >= 0.6 is 0 Å². The minimum Gasteiger partial charge on any atom is -0.468 e. The monoisotopic (exact) mass is 371 g/mol. The van der Waals surface area contributed by atoms with Gasteiger partial charge in [-0.2, -0.15) is 0 Å². The number of likely N-dealkylation sites (tertiary alicyclic amines) is 1. The number of carbonyl (C=O) groups is 1. The van der Waals surface area contributed by atoms with Crippen molar-refractivity contribution in [1.29, 1.82) is 0 Å². The quantitative estimate of drug-likeness (QED) is 0.867. The van der Waals surface area contributed by atoms with Gasteiger partial charge in [-0.05, 0) is 58.3 Å². The molecule has 2 N–H and O–H groups in total. The maximum atomic E-state index is 12.5. The van der Waals surface area contributed by atoms with Crippen LogP contribution in [0.1, 0.15) is 50.7 Å². The average molecular weight is 371 g/mol. The predicted octanol–water partition coefficient (Wildman–Crippen LogP) is 2.91. The van der Waals surface area contributed by atoms with Crippen molar-refractivity contribution < 1.29 is 9.21 Å². The van der Waals surface area contributed by atoms with Crippen LogP contribution < -0.4 is 10.6 Å². The van der Waals surface area contributed by atoms with Crippen molar-refractivity contribution in [3.63, 3.8) is 0 Å². The number of hydrogen-bond acceptors (Lipinski definition) is 4. The lowest BCUT2D eigenvalue weighted by molar-refractivity contribution is 0.0341. The van der Waals surface area contributed by atoms with Gasteiger partial charge in [0.05, 0.1) is 18.8 Å². The molecular weight excluding hydrogens is 342 g/mol. The second-order valence-electron chi connectivity index (χ2n) is 8.15. The van der Waals surface area contributed by atoms with Crippen molar-refractivity contribution in [1.82, 2.24) is 25.1 Å². The van der Waals surface area contributed by atoms with Crippen LogP contribution in [-0.4, -0.2) is 39.6 Å².